The lowest BCUT2D eigenvalue weighted by molar-refractivity contribution is -0.126. The predicted molar refractivity (Wildman–Crippen MR) is 170 cm³/mol. The second-order valence-electron chi connectivity index (χ2n) is 10.8. The van der Waals surface area contributed by atoms with Crippen LogP contribution >= 0.6 is 0 Å². The van der Waals surface area contributed by atoms with E-state index in [0.29, 0.717) is 23.3 Å². The highest BCUT2D eigenvalue weighted by atomic mass is 16.5. The van der Waals surface area contributed by atoms with Crippen LogP contribution in [0.2, 0.25) is 0 Å². The van der Waals surface area contributed by atoms with E-state index in [-0.39, 0.29) is 12.5 Å². The van der Waals surface area contributed by atoms with Crippen molar-refractivity contribution < 1.29 is 19.1 Å². The fourth-order valence-electron chi connectivity index (χ4n) is 4.85. The Hall–Kier alpha value is -4.00. The molecule has 0 fully saturated rings. The molecule has 0 aliphatic carbocycles. The molecular formula is C35H45N3O4. The minimum absolute atomic E-state index is 0.135. The highest BCUT2D eigenvalue weighted by molar-refractivity contribution is 6.04. The summed E-state index contributed by atoms with van der Waals surface area (Å²) < 4.78 is 5.72. The van der Waals surface area contributed by atoms with Crippen LogP contribution in [0.1, 0.15) is 105 Å². The molecule has 42 heavy (non-hydrogen) atoms. The topological polar surface area (TPSA) is 96.9 Å². The molecule has 0 spiro atoms. The first-order valence-electron chi connectivity index (χ1n) is 15.4. The molecule has 224 valence electrons. The summed E-state index contributed by atoms with van der Waals surface area (Å²) in [4.78, 5) is 37.3. The molecular weight excluding hydrogens is 526 g/mol. The molecule has 3 aromatic carbocycles. The predicted octanol–water partition coefficient (Wildman–Crippen LogP) is 7.63. The number of amides is 2. The van der Waals surface area contributed by atoms with Gasteiger partial charge in [-0.25, -0.2) is 10.2 Å². The van der Waals surface area contributed by atoms with Crippen LogP contribution in [-0.2, 0) is 9.59 Å². The summed E-state index contributed by atoms with van der Waals surface area (Å²) in [6.07, 6.45) is 15.3. The molecule has 0 aliphatic rings. The summed E-state index contributed by atoms with van der Waals surface area (Å²) in [5.74, 6) is -0.715. The third kappa shape index (κ3) is 11.5. The maximum absolute atomic E-state index is 12.8. The van der Waals surface area contributed by atoms with Gasteiger partial charge in [0.2, 0.25) is 5.91 Å². The second kappa shape index (κ2) is 18.4. The van der Waals surface area contributed by atoms with E-state index in [1.54, 1.807) is 24.3 Å². The van der Waals surface area contributed by atoms with Crippen molar-refractivity contribution in [3.05, 3.63) is 77.4 Å². The summed E-state index contributed by atoms with van der Waals surface area (Å²) >= 11 is 0. The van der Waals surface area contributed by atoms with Gasteiger partial charge in [0.15, 0.2) is 0 Å². The van der Waals surface area contributed by atoms with Gasteiger partial charge < -0.3 is 10.1 Å². The van der Waals surface area contributed by atoms with E-state index >= 15 is 0 Å². The minimum atomic E-state index is -0.479. The Balaban J connectivity index is 1.42. The molecule has 0 aromatic heterocycles. The Morgan fingerprint density at radius 2 is 1.48 bits per heavy atom. The van der Waals surface area contributed by atoms with Crippen LogP contribution < -0.4 is 15.5 Å². The number of hydrogen-bond donors (Lipinski definition) is 2. The zero-order valence-corrected chi connectivity index (χ0v) is 25.1. The minimum Gasteiger partial charge on any atom is -0.422 e. The van der Waals surface area contributed by atoms with Crippen molar-refractivity contribution in [1.29, 1.82) is 0 Å². The second-order valence-corrected chi connectivity index (χ2v) is 10.8. The first kappa shape index (κ1) is 32.5. The Labute approximate surface area is 250 Å². The van der Waals surface area contributed by atoms with Crippen LogP contribution in [0.3, 0.4) is 0 Å². The molecule has 0 aliphatic heterocycles. The van der Waals surface area contributed by atoms with Crippen molar-refractivity contribution in [2.75, 3.05) is 6.54 Å². The van der Waals surface area contributed by atoms with E-state index in [9.17, 15) is 14.4 Å². The third-order valence-electron chi connectivity index (χ3n) is 7.22. The van der Waals surface area contributed by atoms with E-state index in [4.69, 9.17) is 4.74 Å². The number of ether oxygens (including phenoxy) is 1. The zero-order valence-electron chi connectivity index (χ0n) is 25.1. The van der Waals surface area contributed by atoms with Crippen molar-refractivity contribution in [2.24, 2.45) is 5.10 Å². The summed E-state index contributed by atoms with van der Waals surface area (Å²) in [5, 5.41) is 8.52. The molecule has 2 N–H and O–H groups in total. The number of carbonyl (C=O) groups is 3. The standard InChI is InChI=1S/C35H45N3O4/c1-3-4-5-6-7-8-9-10-11-12-13-21-33(39)36-26-34(40)38-37-25-31-30-20-15-14-18-28(30)22-23-32(31)42-35(41)29-19-16-17-27(2)24-29/h14-20,22-25H,3-13,21,26H2,1-2H3,(H,36,39)(H,38,40). The average molecular weight is 572 g/mol. The molecule has 7 heteroatoms. The number of unbranched alkanes of at least 4 members (excludes halogenated alkanes) is 10. The van der Waals surface area contributed by atoms with Gasteiger partial charge in [-0.3, -0.25) is 9.59 Å². The number of nitrogens with zero attached hydrogens (tertiary/aromatic N) is 1. The molecule has 7 nitrogen and oxygen atoms in total. The van der Waals surface area contributed by atoms with Crippen molar-refractivity contribution in [1.82, 2.24) is 10.7 Å². The van der Waals surface area contributed by atoms with Gasteiger partial charge in [0, 0.05) is 12.0 Å². The van der Waals surface area contributed by atoms with E-state index in [1.165, 1.54) is 57.6 Å². The number of hydrazone groups is 1. The smallest absolute Gasteiger partial charge is 0.343 e. The number of esters is 1. The highest BCUT2D eigenvalue weighted by Crippen LogP contribution is 2.27. The summed E-state index contributed by atoms with van der Waals surface area (Å²) in [6.45, 7) is 4.00. The normalized spacial score (nSPS) is 11.1. The number of rotatable bonds is 18. The van der Waals surface area contributed by atoms with Crippen molar-refractivity contribution >= 4 is 34.8 Å². The molecule has 0 bridgehead atoms. The van der Waals surface area contributed by atoms with Crippen molar-refractivity contribution in [2.45, 2.75) is 90.9 Å². The van der Waals surface area contributed by atoms with Crippen molar-refractivity contribution in [3.8, 4) is 5.75 Å². The molecule has 3 rings (SSSR count). The fraction of sp³-hybridized carbons (Fsp3) is 0.429. The van der Waals surface area contributed by atoms with Gasteiger partial charge in [-0.2, -0.15) is 5.10 Å². The van der Waals surface area contributed by atoms with Gasteiger partial charge in [0.05, 0.1) is 18.3 Å². The van der Waals surface area contributed by atoms with E-state index in [2.05, 4.69) is 22.8 Å². The summed E-state index contributed by atoms with van der Waals surface area (Å²) in [7, 11) is 0. The Bertz CT molecular complexity index is 1330. The van der Waals surface area contributed by atoms with Crippen LogP contribution in [0, 0.1) is 6.92 Å². The van der Waals surface area contributed by atoms with E-state index in [1.807, 2.05) is 43.3 Å². The number of carbonyl (C=O) groups excluding carboxylic acids is 3. The molecule has 3 aromatic rings. The average Bonchev–Trinajstić information content (AvgIpc) is 2.99. The number of nitrogens with one attached hydrogen (secondary N) is 2. The Kier molecular flexibility index (Phi) is 14.3. The monoisotopic (exact) mass is 571 g/mol. The van der Waals surface area contributed by atoms with Crippen LogP contribution in [0.15, 0.2) is 65.8 Å². The zero-order chi connectivity index (χ0) is 30.0. The van der Waals surface area contributed by atoms with Gasteiger partial charge in [0.25, 0.3) is 5.91 Å². The molecule has 0 atom stereocenters. The third-order valence-corrected chi connectivity index (χ3v) is 7.22. The maximum Gasteiger partial charge on any atom is 0.343 e. The molecule has 0 radical (unpaired) electrons. The first-order valence-corrected chi connectivity index (χ1v) is 15.4. The molecule has 0 heterocycles. The molecule has 2 amide bonds. The number of hydrogen-bond acceptors (Lipinski definition) is 5. The summed E-state index contributed by atoms with van der Waals surface area (Å²) in [6, 6.07) is 18.4. The van der Waals surface area contributed by atoms with E-state index in [0.717, 1.165) is 35.6 Å². The van der Waals surface area contributed by atoms with Crippen molar-refractivity contribution in [3.63, 3.8) is 0 Å². The van der Waals surface area contributed by atoms with Gasteiger partial charge >= 0.3 is 5.97 Å². The van der Waals surface area contributed by atoms with Gasteiger partial charge in [0.1, 0.15) is 5.75 Å². The van der Waals surface area contributed by atoms with Gasteiger partial charge in [-0.05, 0) is 42.3 Å². The van der Waals surface area contributed by atoms with Gasteiger partial charge in [-0.1, -0.05) is 119 Å². The van der Waals surface area contributed by atoms with Crippen LogP contribution in [0.5, 0.6) is 5.75 Å². The molecule has 0 saturated heterocycles. The number of aryl methyl sites for hydroxylation is 1. The summed E-state index contributed by atoms with van der Waals surface area (Å²) in [5.41, 5.74) is 4.43. The number of fused-ring (bicyclic) bond motifs is 1. The lowest BCUT2D eigenvalue weighted by Gasteiger charge is -2.11. The van der Waals surface area contributed by atoms with Crippen LogP contribution in [0.4, 0.5) is 0 Å². The first-order chi connectivity index (χ1) is 20.5. The quantitative estimate of drug-likeness (QED) is 0.0539. The fourth-order valence-corrected chi connectivity index (χ4v) is 4.85. The largest absolute Gasteiger partial charge is 0.422 e. The number of benzene rings is 3. The Morgan fingerprint density at radius 1 is 0.786 bits per heavy atom. The van der Waals surface area contributed by atoms with Gasteiger partial charge in [-0.15, -0.1) is 0 Å². The molecule has 0 saturated carbocycles. The Morgan fingerprint density at radius 3 is 2.19 bits per heavy atom. The molecule has 0 unspecified atom stereocenters. The van der Waals surface area contributed by atoms with Crippen LogP contribution in [-0.4, -0.2) is 30.5 Å². The lowest BCUT2D eigenvalue weighted by Crippen LogP contribution is -2.34. The maximum atomic E-state index is 12.8. The lowest BCUT2D eigenvalue weighted by atomic mass is 10.0. The highest BCUT2D eigenvalue weighted by Gasteiger charge is 2.14. The van der Waals surface area contributed by atoms with E-state index < -0.39 is 11.9 Å². The van der Waals surface area contributed by atoms with Crippen LogP contribution in [0.25, 0.3) is 10.8 Å². The SMILES string of the molecule is CCCCCCCCCCCCCC(=O)NCC(=O)NN=Cc1c(OC(=O)c2cccc(C)c2)ccc2ccccc12.